The molecule has 2 aromatic rings. The summed E-state index contributed by atoms with van der Waals surface area (Å²) in [7, 11) is 0. The van der Waals surface area contributed by atoms with Crippen molar-refractivity contribution in [2.45, 2.75) is 56.8 Å². The van der Waals surface area contributed by atoms with E-state index in [1.54, 1.807) is 6.07 Å². The molecule has 33 heavy (non-hydrogen) atoms. The number of anilines is 1. The van der Waals surface area contributed by atoms with Crippen LogP contribution in [0, 0.1) is 0 Å². The summed E-state index contributed by atoms with van der Waals surface area (Å²) in [6.07, 6.45) is -1.13. The van der Waals surface area contributed by atoms with Gasteiger partial charge in [0, 0.05) is 24.2 Å². The van der Waals surface area contributed by atoms with E-state index in [1.165, 1.54) is 17.1 Å². The summed E-state index contributed by atoms with van der Waals surface area (Å²) in [5.74, 6) is -0.301. The smallest absolute Gasteiger partial charge is 0.444 e. The summed E-state index contributed by atoms with van der Waals surface area (Å²) < 4.78 is 52.0. The van der Waals surface area contributed by atoms with Crippen molar-refractivity contribution in [3.8, 4) is 0 Å². The average Bonchev–Trinajstić information content (AvgIpc) is 3.18. The Bertz CT molecular complexity index is 1000. The van der Waals surface area contributed by atoms with Crippen molar-refractivity contribution in [2.24, 2.45) is 0 Å². The van der Waals surface area contributed by atoms with E-state index in [9.17, 15) is 22.8 Å². The highest BCUT2D eigenvalue weighted by molar-refractivity contribution is 6.03. The second kappa shape index (κ2) is 9.02. The number of hydrogen-bond donors (Lipinski definition) is 3. The predicted octanol–water partition coefficient (Wildman–Crippen LogP) is 2.50. The molecule has 2 aliphatic rings. The van der Waals surface area contributed by atoms with Crippen molar-refractivity contribution in [2.75, 3.05) is 18.5 Å². The molecule has 2 atom stereocenters. The quantitative estimate of drug-likeness (QED) is 0.538. The Morgan fingerprint density at radius 1 is 1.39 bits per heavy atom. The maximum Gasteiger partial charge on any atom is 0.522 e. The molecule has 0 unspecified atom stereocenters. The first kappa shape index (κ1) is 23.0. The van der Waals surface area contributed by atoms with Gasteiger partial charge in [-0.1, -0.05) is 0 Å². The Kier molecular flexibility index (Phi) is 6.30. The van der Waals surface area contributed by atoms with Gasteiger partial charge in [0.1, 0.15) is 12.2 Å². The zero-order valence-electron chi connectivity index (χ0n) is 17.6. The Labute approximate surface area is 185 Å². The molecule has 14 heteroatoms. The molecule has 11 nitrogen and oxygen atoms in total. The zero-order valence-corrected chi connectivity index (χ0v) is 17.6. The standard InChI is InChI=1S/C19H23F3N6O5/c1-18(2-3-18)25-17(30)33-12-6-14(31-10-12)13-7-15(27-26-13)24-16(29)11-8-23-28(9-11)4-5-32-19(20,21)22/h7-9,12,14H,2-6,10H2,1H3,(H,25,30)(H2,24,26,27,29)/t12-,14-/m1/s1. The number of rotatable bonds is 8. The zero-order chi connectivity index (χ0) is 23.6. The van der Waals surface area contributed by atoms with E-state index in [0.29, 0.717) is 12.1 Å². The molecule has 0 spiro atoms. The number of carbonyl (C=O) groups excluding carboxylic acids is 2. The normalized spacial score (nSPS) is 21.6. The SMILES string of the molecule is CC1(NC(=O)O[C@H]2CO[C@@H](c3cc(NC(=O)c4cnn(CCOC(F)(F)F)c4)n[nH]3)C2)CC1. The predicted molar refractivity (Wildman–Crippen MR) is 105 cm³/mol. The topological polar surface area (TPSA) is 132 Å². The van der Waals surface area contributed by atoms with E-state index >= 15 is 0 Å². The number of nitrogens with zero attached hydrogens (tertiary/aromatic N) is 3. The molecule has 1 aliphatic heterocycles. The third kappa shape index (κ3) is 6.44. The van der Waals surface area contributed by atoms with Crippen LogP contribution in [0.15, 0.2) is 18.5 Å². The fourth-order valence-corrected chi connectivity index (χ4v) is 3.25. The third-order valence-corrected chi connectivity index (χ3v) is 5.31. The highest BCUT2D eigenvalue weighted by Crippen LogP contribution is 2.35. The van der Waals surface area contributed by atoms with Crippen molar-refractivity contribution >= 4 is 17.8 Å². The van der Waals surface area contributed by atoms with Gasteiger partial charge in [-0.2, -0.15) is 10.2 Å². The number of nitrogens with one attached hydrogen (secondary N) is 3. The summed E-state index contributed by atoms with van der Waals surface area (Å²) in [6.45, 7) is 1.41. The van der Waals surface area contributed by atoms with Gasteiger partial charge >= 0.3 is 12.5 Å². The monoisotopic (exact) mass is 472 g/mol. The van der Waals surface area contributed by atoms with Crippen molar-refractivity contribution in [3.63, 3.8) is 0 Å². The molecule has 3 N–H and O–H groups in total. The molecule has 0 bridgehead atoms. The number of ether oxygens (including phenoxy) is 3. The van der Waals surface area contributed by atoms with Gasteiger partial charge in [0.25, 0.3) is 5.91 Å². The maximum absolute atomic E-state index is 12.4. The van der Waals surface area contributed by atoms with Crippen LogP contribution in [0.3, 0.4) is 0 Å². The number of hydrogen-bond acceptors (Lipinski definition) is 7. The number of alkyl carbamates (subject to hydrolysis) is 1. The molecule has 4 rings (SSSR count). The van der Waals surface area contributed by atoms with Gasteiger partial charge in [-0.05, 0) is 19.8 Å². The molecule has 2 aromatic heterocycles. The molecule has 1 saturated heterocycles. The van der Waals surface area contributed by atoms with Gasteiger partial charge in [0.15, 0.2) is 5.82 Å². The van der Waals surface area contributed by atoms with Gasteiger partial charge in [-0.25, -0.2) is 4.79 Å². The lowest BCUT2D eigenvalue weighted by atomic mass is 10.1. The van der Waals surface area contributed by atoms with Crippen LogP contribution in [0.2, 0.25) is 0 Å². The summed E-state index contributed by atoms with van der Waals surface area (Å²) in [6, 6.07) is 1.60. The Morgan fingerprint density at radius 3 is 2.91 bits per heavy atom. The number of amides is 2. The second-order valence-corrected chi connectivity index (χ2v) is 8.22. The molecule has 0 radical (unpaired) electrons. The van der Waals surface area contributed by atoms with Crippen molar-refractivity contribution in [1.29, 1.82) is 0 Å². The summed E-state index contributed by atoms with van der Waals surface area (Å²) in [4.78, 5) is 24.3. The van der Waals surface area contributed by atoms with Crippen molar-refractivity contribution in [3.05, 3.63) is 29.7 Å². The van der Waals surface area contributed by atoms with Crippen LogP contribution in [0.4, 0.5) is 23.8 Å². The number of H-pyrrole nitrogens is 1. The number of halogens is 3. The van der Waals surface area contributed by atoms with E-state index in [2.05, 4.69) is 30.7 Å². The number of alkyl halides is 3. The minimum atomic E-state index is -4.72. The van der Waals surface area contributed by atoms with Crippen LogP contribution in [0.25, 0.3) is 0 Å². The van der Waals surface area contributed by atoms with Gasteiger partial charge in [0.05, 0.1) is 37.2 Å². The minimum Gasteiger partial charge on any atom is -0.444 e. The summed E-state index contributed by atoms with van der Waals surface area (Å²) in [5, 5.41) is 16.0. The number of aromatic amines is 1. The van der Waals surface area contributed by atoms with Gasteiger partial charge < -0.3 is 20.1 Å². The van der Waals surface area contributed by atoms with Gasteiger partial charge in [-0.3, -0.25) is 19.3 Å². The van der Waals surface area contributed by atoms with Crippen molar-refractivity contribution in [1.82, 2.24) is 25.3 Å². The Balaban J connectivity index is 1.24. The van der Waals surface area contributed by atoms with E-state index in [1.807, 2.05) is 6.92 Å². The second-order valence-electron chi connectivity index (χ2n) is 8.22. The highest BCUT2D eigenvalue weighted by Gasteiger charge is 2.40. The molecule has 2 fully saturated rings. The lowest BCUT2D eigenvalue weighted by Gasteiger charge is -2.15. The molecule has 1 saturated carbocycles. The first-order valence-electron chi connectivity index (χ1n) is 10.3. The number of carbonyl (C=O) groups is 2. The summed E-state index contributed by atoms with van der Waals surface area (Å²) >= 11 is 0. The molecule has 1 aliphatic carbocycles. The van der Waals surface area contributed by atoms with Crippen LogP contribution in [-0.4, -0.2) is 63.2 Å². The van der Waals surface area contributed by atoms with Crippen LogP contribution in [-0.2, 0) is 20.8 Å². The molecular weight excluding hydrogens is 449 g/mol. The molecule has 3 heterocycles. The Hall–Kier alpha value is -3.13. The fraction of sp³-hybridized carbons (Fsp3) is 0.579. The lowest BCUT2D eigenvalue weighted by molar-refractivity contribution is -0.325. The van der Waals surface area contributed by atoms with E-state index in [4.69, 9.17) is 9.47 Å². The van der Waals surface area contributed by atoms with E-state index in [0.717, 1.165) is 12.8 Å². The number of aromatic nitrogens is 4. The molecule has 2 amide bonds. The van der Waals surface area contributed by atoms with Crippen LogP contribution in [0.5, 0.6) is 0 Å². The first-order chi connectivity index (χ1) is 15.6. The van der Waals surface area contributed by atoms with Crippen LogP contribution >= 0.6 is 0 Å². The maximum atomic E-state index is 12.4. The lowest BCUT2D eigenvalue weighted by Crippen LogP contribution is -2.37. The average molecular weight is 472 g/mol. The third-order valence-electron chi connectivity index (χ3n) is 5.31. The van der Waals surface area contributed by atoms with E-state index in [-0.39, 0.29) is 36.2 Å². The Morgan fingerprint density at radius 2 is 2.18 bits per heavy atom. The minimum absolute atomic E-state index is 0.146. The fourth-order valence-electron chi connectivity index (χ4n) is 3.25. The van der Waals surface area contributed by atoms with Crippen LogP contribution in [0.1, 0.15) is 48.3 Å². The van der Waals surface area contributed by atoms with E-state index < -0.39 is 31.1 Å². The largest absolute Gasteiger partial charge is 0.522 e. The molecular formula is C19H23F3N6O5. The highest BCUT2D eigenvalue weighted by atomic mass is 19.4. The molecule has 0 aromatic carbocycles. The van der Waals surface area contributed by atoms with Gasteiger partial charge in [0.2, 0.25) is 0 Å². The van der Waals surface area contributed by atoms with Gasteiger partial charge in [-0.15, -0.1) is 13.2 Å². The summed E-state index contributed by atoms with van der Waals surface area (Å²) in [5.41, 5.74) is 0.582. The molecule has 180 valence electrons. The first-order valence-corrected chi connectivity index (χ1v) is 10.3. The van der Waals surface area contributed by atoms with Crippen molar-refractivity contribution < 1.29 is 37.0 Å². The van der Waals surface area contributed by atoms with Crippen LogP contribution < -0.4 is 10.6 Å².